The van der Waals surface area contributed by atoms with Crippen LogP contribution in [0.3, 0.4) is 0 Å². The SMILES string of the molecule is CCC1(CNc2nc(C)ccc2N)CCCC1. The van der Waals surface area contributed by atoms with Crippen molar-refractivity contribution in [3.63, 3.8) is 0 Å². The molecule has 0 atom stereocenters. The highest BCUT2D eigenvalue weighted by atomic mass is 15.0. The van der Waals surface area contributed by atoms with Crippen LogP contribution in [-0.4, -0.2) is 11.5 Å². The summed E-state index contributed by atoms with van der Waals surface area (Å²) in [6, 6.07) is 3.88. The van der Waals surface area contributed by atoms with Gasteiger partial charge in [0.25, 0.3) is 0 Å². The molecule has 0 amide bonds. The van der Waals surface area contributed by atoms with Gasteiger partial charge in [0, 0.05) is 12.2 Å². The number of nitrogen functional groups attached to an aromatic ring is 1. The van der Waals surface area contributed by atoms with Crippen molar-refractivity contribution in [3.8, 4) is 0 Å². The first-order valence-electron chi connectivity index (χ1n) is 6.62. The number of pyridine rings is 1. The molecule has 1 aromatic rings. The van der Waals surface area contributed by atoms with E-state index in [0.717, 1.165) is 23.7 Å². The van der Waals surface area contributed by atoms with Crippen LogP contribution in [0.15, 0.2) is 12.1 Å². The first kappa shape index (κ1) is 12.2. The van der Waals surface area contributed by atoms with Crippen molar-refractivity contribution in [1.29, 1.82) is 0 Å². The van der Waals surface area contributed by atoms with E-state index < -0.39 is 0 Å². The molecule has 3 nitrogen and oxygen atoms in total. The Bertz CT molecular complexity index is 381. The molecule has 3 heteroatoms. The Morgan fingerprint density at radius 3 is 2.71 bits per heavy atom. The minimum absolute atomic E-state index is 0.470. The molecule has 0 spiro atoms. The normalized spacial score (nSPS) is 18.2. The van der Waals surface area contributed by atoms with E-state index >= 15 is 0 Å². The van der Waals surface area contributed by atoms with Crippen LogP contribution < -0.4 is 11.1 Å². The van der Waals surface area contributed by atoms with E-state index in [1.807, 2.05) is 19.1 Å². The second-order valence-electron chi connectivity index (χ2n) is 5.30. The van der Waals surface area contributed by atoms with Gasteiger partial charge in [-0.05, 0) is 43.7 Å². The maximum Gasteiger partial charge on any atom is 0.149 e. The third-order valence-corrected chi connectivity index (χ3v) is 4.11. The van der Waals surface area contributed by atoms with Crippen LogP contribution in [-0.2, 0) is 0 Å². The molecule has 17 heavy (non-hydrogen) atoms. The Morgan fingerprint density at radius 2 is 2.06 bits per heavy atom. The van der Waals surface area contributed by atoms with E-state index in [1.165, 1.54) is 32.1 Å². The predicted molar refractivity (Wildman–Crippen MR) is 73.1 cm³/mol. The van der Waals surface area contributed by atoms with Crippen molar-refractivity contribution in [2.24, 2.45) is 5.41 Å². The topological polar surface area (TPSA) is 50.9 Å². The van der Waals surface area contributed by atoms with Crippen molar-refractivity contribution < 1.29 is 0 Å². The minimum Gasteiger partial charge on any atom is -0.396 e. The predicted octanol–water partition coefficient (Wildman–Crippen LogP) is 3.35. The summed E-state index contributed by atoms with van der Waals surface area (Å²) in [5.74, 6) is 0.852. The van der Waals surface area contributed by atoms with E-state index in [0.29, 0.717) is 5.41 Å². The van der Waals surface area contributed by atoms with Gasteiger partial charge < -0.3 is 11.1 Å². The average molecular weight is 233 g/mol. The van der Waals surface area contributed by atoms with E-state index in [4.69, 9.17) is 5.73 Å². The smallest absolute Gasteiger partial charge is 0.149 e. The molecule has 1 saturated carbocycles. The molecule has 2 rings (SSSR count). The summed E-state index contributed by atoms with van der Waals surface area (Å²) in [4.78, 5) is 4.46. The number of aryl methyl sites for hydroxylation is 1. The maximum absolute atomic E-state index is 5.93. The molecule has 0 unspecified atom stereocenters. The summed E-state index contributed by atoms with van der Waals surface area (Å²) in [6.07, 6.45) is 6.65. The largest absolute Gasteiger partial charge is 0.396 e. The lowest BCUT2D eigenvalue weighted by Gasteiger charge is -2.28. The lowest BCUT2D eigenvalue weighted by atomic mass is 9.83. The highest BCUT2D eigenvalue weighted by molar-refractivity contribution is 5.61. The highest BCUT2D eigenvalue weighted by Crippen LogP contribution is 2.41. The fourth-order valence-corrected chi connectivity index (χ4v) is 2.76. The first-order chi connectivity index (χ1) is 8.15. The molecule has 94 valence electrons. The van der Waals surface area contributed by atoms with Crippen molar-refractivity contribution in [3.05, 3.63) is 17.8 Å². The van der Waals surface area contributed by atoms with Gasteiger partial charge in [0.1, 0.15) is 5.82 Å². The molecule has 1 aromatic heterocycles. The van der Waals surface area contributed by atoms with Gasteiger partial charge in [0.15, 0.2) is 0 Å². The zero-order valence-electron chi connectivity index (χ0n) is 10.9. The molecular weight excluding hydrogens is 210 g/mol. The number of rotatable bonds is 4. The van der Waals surface area contributed by atoms with E-state index in [9.17, 15) is 0 Å². The summed E-state index contributed by atoms with van der Waals surface area (Å²) >= 11 is 0. The monoisotopic (exact) mass is 233 g/mol. The molecule has 1 aliphatic carbocycles. The Kier molecular flexibility index (Phi) is 3.55. The summed E-state index contributed by atoms with van der Waals surface area (Å²) < 4.78 is 0. The molecule has 0 aromatic carbocycles. The standard InChI is InChI=1S/C14H23N3/c1-3-14(8-4-5-9-14)10-16-13-12(15)7-6-11(2)17-13/h6-7H,3-5,8-10,15H2,1-2H3,(H,16,17). The molecular formula is C14H23N3. The van der Waals surface area contributed by atoms with Gasteiger partial charge >= 0.3 is 0 Å². The van der Waals surface area contributed by atoms with Gasteiger partial charge in [-0.2, -0.15) is 0 Å². The lowest BCUT2D eigenvalue weighted by molar-refractivity contribution is 0.306. The Balaban J connectivity index is 2.03. The van der Waals surface area contributed by atoms with Crippen LogP contribution >= 0.6 is 0 Å². The van der Waals surface area contributed by atoms with Gasteiger partial charge in [0.2, 0.25) is 0 Å². The lowest BCUT2D eigenvalue weighted by Crippen LogP contribution is -2.26. The van der Waals surface area contributed by atoms with Gasteiger partial charge in [-0.3, -0.25) is 0 Å². The molecule has 1 fully saturated rings. The molecule has 0 saturated heterocycles. The molecule has 0 radical (unpaired) electrons. The average Bonchev–Trinajstić information content (AvgIpc) is 2.80. The van der Waals surface area contributed by atoms with E-state index in [2.05, 4.69) is 17.2 Å². The molecule has 0 bridgehead atoms. The van der Waals surface area contributed by atoms with Crippen LogP contribution in [0.25, 0.3) is 0 Å². The van der Waals surface area contributed by atoms with Crippen molar-refractivity contribution in [1.82, 2.24) is 4.98 Å². The fraction of sp³-hybridized carbons (Fsp3) is 0.643. The maximum atomic E-state index is 5.93. The summed E-state index contributed by atoms with van der Waals surface area (Å²) in [6.45, 7) is 5.29. The van der Waals surface area contributed by atoms with E-state index in [-0.39, 0.29) is 0 Å². The van der Waals surface area contributed by atoms with Gasteiger partial charge in [-0.15, -0.1) is 0 Å². The molecule has 1 aliphatic rings. The quantitative estimate of drug-likeness (QED) is 0.838. The number of hydrogen-bond acceptors (Lipinski definition) is 3. The number of nitrogens with one attached hydrogen (secondary N) is 1. The van der Waals surface area contributed by atoms with Crippen molar-refractivity contribution in [2.75, 3.05) is 17.6 Å². The Hall–Kier alpha value is -1.25. The second kappa shape index (κ2) is 4.94. The molecule has 3 N–H and O–H groups in total. The van der Waals surface area contributed by atoms with Crippen LogP contribution in [0.1, 0.15) is 44.7 Å². The van der Waals surface area contributed by atoms with Gasteiger partial charge in [-0.1, -0.05) is 19.8 Å². The fourth-order valence-electron chi connectivity index (χ4n) is 2.76. The van der Waals surface area contributed by atoms with Crippen molar-refractivity contribution in [2.45, 2.75) is 46.0 Å². The second-order valence-corrected chi connectivity index (χ2v) is 5.30. The minimum atomic E-state index is 0.470. The highest BCUT2D eigenvalue weighted by Gasteiger charge is 2.31. The Labute approximate surface area is 104 Å². The van der Waals surface area contributed by atoms with E-state index in [1.54, 1.807) is 0 Å². The number of nitrogens with zero attached hydrogens (tertiary/aromatic N) is 1. The molecule has 1 heterocycles. The van der Waals surface area contributed by atoms with Crippen molar-refractivity contribution >= 4 is 11.5 Å². The number of anilines is 2. The number of hydrogen-bond donors (Lipinski definition) is 2. The molecule has 0 aliphatic heterocycles. The zero-order chi connectivity index (χ0) is 12.3. The third kappa shape index (κ3) is 2.71. The van der Waals surface area contributed by atoms with Crippen LogP contribution in [0.4, 0.5) is 11.5 Å². The van der Waals surface area contributed by atoms with Gasteiger partial charge in [-0.25, -0.2) is 4.98 Å². The third-order valence-electron chi connectivity index (χ3n) is 4.11. The van der Waals surface area contributed by atoms with Crippen LogP contribution in [0.2, 0.25) is 0 Å². The summed E-state index contributed by atoms with van der Waals surface area (Å²) in [5, 5.41) is 3.45. The number of nitrogens with two attached hydrogens (primary N) is 1. The van der Waals surface area contributed by atoms with Crippen LogP contribution in [0.5, 0.6) is 0 Å². The zero-order valence-corrected chi connectivity index (χ0v) is 10.9. The first-order valence-corrected chi connectivity index (χ1v) is 6.62. The van der Waals surface area contributed by atoms with Gasteiger partial charge in [0.05, 0.1) is 5.69 Å². The Morgan fingerprint density at radius 1 is 1.35 bits per heavy atom. The summed E-state index contributed by atoms with van der Waals surface area (Å²) in [5.41, 5.74) is 8.17. The van der Waals surface area contributed by atoms with Crippen LogP contribution in [0, 0.1) is 12.3 Å². The number of aromatic nitrogens is 1. The summed E-state index contributed by atoms with van der Waals surface area (Å²) in [7, 11) is 0.